The zero-order valence-electron chi connectivity index (χ0n) is 16.1. The van der Waals surface area contributed by atoms with E-state index in [1.807, 2.05) is 6.07 Å². The van der Waals surface area contributed by atoms with Crippen LogP contribution in [0.1, 0.15) is 32.0 Å². The number of rotatable bonds is 8. The first-order valence-electron chi connectivity index (χ1n) is 9.31. The molecule has 0 atom stereocenters. The predicted octanol–water partition coefficient (Wildman–Crippen LogP) is 2.51. The van der Waals surface area contributed by atoms with Gasteiger partial charge in [-0.2, -0.15) is 0 Å². The van der Waals surface area contributed by atoms with Gasteiger partial charge < -0.3 is 20.8 Å². The molecule has 2 aromatic carbocycles. The number of hydrogen-bond acceptors (Lipinski definition) is 4. The normalized spacial score (nSPS) is 11.0. The number of nitrogens with two attached hydrogens (primary N) is 1. The highest BCUT2D eigenvalue weighted by Gasteiger charge is 2.15. The Kier molecular flexibility index (Phi) is 6.78. The highest BCUT2D eigenvalue weighted by molar-refractivity contribution is 6.05. The molecule has 3 rings (SSSR count). The molecule has 0 aliphatic rings. The van der Waals surface area contributed by atoms with Crippen molar-refractivity contribution in [2.24, 2.45) is 5.73 Å². The second-order valence-electron chi connectivity index (χ2n) is 6.46. The first-order chi connectivity index (χ1) is 14.5. The summed E-state index contributed by atoms with van der Waals surface area (Å²) >= 11 is 0. The molecule has 1 aromatic heterocycles. The van der Waals surface area contributed by atoms with Gasteiger partial charge in [-0.05, 0) is 48.4 Å². The summed E-state index contributed by atoms with van der Waals surface area (Å²) in [4.78, 5) is 36.5. The van der Waals surface area contributed by atoms with Gasteiger partial charge in [0.25, 0.3) is 11.8 Å². The molecule has 0 saturated carbocycles. The molecule has 0 radical (unpaired) electrons. The highest BCUT2D eigenvalue weighted by atomic mass is 16.3. The Morgan fingerprint density at radius 1 is 0.933 bits per heavy atom. The number of primary amides is 1. The molecule has 3 amide bonds. The molecule has 3 aromatic rings. The minimum absolute atomic E-state index is 0.0599. The largest absolute Gasteiger partial charge is 0.465 e. The summed E-state index contributed by atoms with van der Waals surface area (Å²) in [6.07, 6.45) is 3.43. The fourth-order valence-corrected chi connectivity index (χ4v) is 2.75. The molecule has 152 valence electrons. The summed E-state index contributed by atoms with van der Waals surface area (Å²) in [6.45, 7) is 0.303. The van der Waals surface area contributed by atoms with Crippen LogP contribution in [0.25, 0.3) is 6.08 Å². The van der Waals surface area contributed by atoms with Crippen LogP contribution in [-0.2, 0) is 11.2 Å². The number of carbonyl (C=O) groups is 3. The average Bonchev–Trinajstić information content (AvgIpc) is 3.27. The predicted molar refractivity (Wildman–Crippen MR) is 112 cm³/mol. The van der Waals surface area contributed by atoms with Gasteiger partial charge in [0.05, 0.1) is 6.26 Å². The second kappa shape index (κ2) is 9.88. The molecule has 30 heavy (non-hydrogen) atoms. The Morgan fingerprint density at radius 2 is 1.70 bits per heavy atom. The van der Waals surface area contributed by atoms with Crippen LogP contribution in [-0.4, -0.2) is 24.3 Å². The molecule has 0 unspecified atom stereocenters. The van der Waals surface area contributed by atoms with Crippen LogP contribution in [0.2, 0.25) is 0 Å². The summed E-state index contributed by atoms with van der Waals surface area (Å²) in [7, 11) is 0. The van der Waals surface area contributed by atoms with Crippen LogP contribution in [0.4, 0.5) is 0 Å². The molecule has 0 aliphatic carbocycles. The van der Waals surface area contributed by atoms with Crippen molar-refractivity contribution in [3.63, 3.8) is 0 Å². The smallest absolute Gasteiger partial charge is 0.267 e. The van der Waals surface area contributed by atoms with Gasteiger partial charge in [-0.3, -0.25) is 14.4 Å². The van der Waals surface area contributed by atoms with Crippen molar-refractivity contribution in [2.75, 3.05) is 6.54 Å². The van der Waals surface area contributed by atoms with Gasteiger partial charge in [-0.15, -0.1) is 0 Å². The number of furan rings is 1. The number of carbonyl (C=O) groups excluding carboxylic acids is 3. The Hall–Kier alpha value is -4.13. The van der Waals surface area contributed by atoms with Crippen LogP contribution in [0.5, 0.6) is 0 Å². The van der Waals surface area contributed by atoms with E-state index >= 15 is 0 Å². The standard InChI is InChI=1S/C23H21N3O4/c24-21(27)18-9-4-6-16(14-18)11-12-25-23(29)20(15-19-10-5-13-30-19)26-22(28)17-7-2-1-3-8-17/h1-10,13-15H,11-12H2,(H2,24,27)(H,25,29)(H,26,28). The van der Waals surface area contributed by atoms with E-state index in [9.17, 15) is 14.4 Å². The summed E-state index contributed by atoms with van der Waals surface area (Å²) in [5, 5.41) is 5.40. The van der Waals surface area contributed by atoms with Crippen molar-refractivity contribution in [1.29, 1.82) is 0 Å². The maximum atomic E-state index is 12.7. The van der Waals surface area contributed by atoms with Crippen molar-refractivity contribution >= 4 is 23.8 Å². The van der Waals surface area contributed by atoms with Crippen molar-refractivity contribution < 1.29 is 18.8 Å². The second-order valence-corrected chi connectivity index (χ2v) is 6.46. The van der Waals surface area contributed by atoms with E-state index in [-0.39, 0.29) is 5.70 Å². The van der Waals surface area contributed by atoms with Crippen molar-refractivity contribution in [3.8, 4) is 0 Å². The maximum Gasteiger partial charge on any atom is 0.267 e. The lowest BCUT2D eigenvalue weighted by Crippen LogP contribution is -2.35. The van der Waals surface area contributed by atoms with Crippen molar-refractivity contribution in [2.45, 2.75) is 6.42 Å². The Balaban J connectivity index is 1.67. The fraction of sp³-hybridized carbons (Fsp3) is 0.0870. The van der Waals surface area contributed by atoms with Crippen LogP contribution < -0.4 is 16.4 Å². The average molecular weight is 403 g/mol. The monoisotopic (exact) mass is 403 g/mol. The SMILES string of the molecule is NC(=O)c1cccc(CCNC(=O)C(=Cc2ccco2)NC(=O)c2ccccc2)c1. The quantitative estimate of drug-likeness (QED) is 0.501. The van der Waals surface area contributed by atoms with E-state index in [4.69, 9.17) is 10.2 Å². The van der Waals surface area contributed by atoms with Gasteiger partial charge in [0, 0.05) is 23.7 Å². The van der Waals surface area contributed by atoms with Crippen LogP contribution in [0, 0.1) is 0 Å². The van der Waals surface area contributed by atoms with Gasteiger partial charge in [0.2, 0.25) is 5.91 Å². The van der Waals surface area contributed by atoms with E-state index < -0.39 is 17.7 Å². The van der Waals surface area contributed by atoms with Gasteiger partial charge in [0.1, 0.15) is 11.5 Å². The number of amides is 3. The maximum absolute atomic E-state index is 12.7. The molecule has 0 fully saturated rings. The van der Waals surface area contributed by atoms with Gasteiger partial charge in [-0.25, -0.2) is 0 Å². The van der Waals surface area contributed by atoms with E-state index in [2.05, 4.69) is 10.6 Å². The number of hydrogen-bond donors (Lipinski definition) is 3. The summed E-state index contributed by atoms with van der Waals surface area (Å²) in [5.41, 5.74) is 7.05. The fourth-order valence-electron chi connectivity index (χ4n) is 2.75. The molecular weight excluding hydrogens is 382 g/mol. The Bertz CT molecular complexity index is 1060. The first-order valence-corrected chi connectivity index (χ1v) is 9.31. The zero-order chi connectivity index (χ0) is 21.3. The molecule has 0 bridgehead atoms. The van der Waals surface area contributed by atoms with E-state index in [1.165, 1.54) is 12.3 Å². The third kappa shape index (κ3) is 5.68. The third-order valence-corrected chi connectivity index (χ3v) is 4.27. The van der Waals surface area contributed by atoms with E-state index in [0.29, 0.717) is 29.9 Å². The summed E-state index contributed by atoms with van der Waals surface area (Å²) < 4.78 is 5.26. The first kappa shape index (κ1) is 20.6. The summed E-state index contributed by atoms with van der Waals surface area (Å²) in [5.74, 6) is -0.935. The van der Waals surface area contributed by atoms with E-state index in [0.717, 1.165) is 5.56 Å². The van der Waals surface area contributed by atoms with Gasteiger partial charge in [0.15, 0.2) is 0 Å². The Labute approximate surface area is 173 Å². The highest BCUT2D eigenvalue weighted by Crippen LogP contribution is 2.09. The molecule has 0 spiro atoms. The lowest BCUT2D eigenvalue weighted by atomic mass is 10.1. The minimum atomic E-state index is -0.506. The van der Waals surface area contributed by atoms with Crippen LogP contribution in [0.3, 0.4) is 0 Å². The van der Waals surface area contributed by atoms with Gasteiger partial charge >= 0.3 is 0 Å². The van der Waals surface area contributed by atoms with Gasteiger partial charge in [-0.1, -0.05) is 30.3 Å². The zero-order valence-corrected chi connectivity index (χ0v) is 16.1. The summed E-state index contributed by atoms with van der Waals surface area (Å²) in [6, 6.07) is 18.9. The molecule has 7 nitrogen and oxygen atoms in total. The molecule has 7 heteroatoms. The topological polar surface area (TPSA) is 114 Å². The molecule has 0 saturated heterocycles. The lowest BCUT2D eigenvalue weighted by Gasteiger charge is -2.11. The minimum Gasteiger partial charge on any atom is -0.465 e. The molecule has 0 aliphatic heterocycles. The van der Waals surface area contributed by atoms with Crippen LogP contribution >= 0.6 is 0 Å². The van der Waals surface area contributed by atoms with Crippen LogP contribution in [0.15, 0.2) is 83.1 Å². The van der Waals surface area contributed by atoms with Crippen molar-refractivity contribution in [1.82, 2.24) is 10.6 Å². The third-order valence-electron chi connectivity index (χ3n) is 4.27. The number of benzene rings is 2. The van der Waals surface area contributed by atoms with E-state index in [1.54, 1.807) is 60.7 Å². The molecule has 1 heterocycles. The number of nitrogens with one attached hydrogen (secondary N) is 2. The molecular formula is C23H21N3O4. The Morgan fingerprint density at radius 3 is 2.40 bits per heavy atom. The van der Waals surface area contributed by atoms with Crippen molar-refractivity contribution in [3.05, 3.63) is 101 Å². The lowest BCUT2D eigenvalue weighted by molar-refractivity contribution is -0.117. The molecule has 4 N–H and O–H groups in total.